The smallest absolute Gasteiger partial charge is 0.253 e. The summed E-state index contributed by atoms with van der Waals surface area (Å²) >= 11 is 4.53. The average molecular weight is 339 g/mol. The van der Waals surface area contributed by atoms with Gasteiger partial charge in [0, 0.05) is 23.6 Å². The predicted octanol–water partition coefficient (Wildman–Crippen LogP) is 2.01. The standard InChI is InChI=1S/C10H15BrN2O2S2/c11-9-4-6-16-10(9)17(14,15)13-5-2-1-3-8(13)7-12/h4,6,8H,1-3,5,7,12H2. The molecule has 1 aromatic rings. The van der Waals surface area contributed by atoms with E-state index in [0.717, 1.165) is 19.3 Å². The first-order valence-electron chi connectivity index (χ1n) is 5.52. The Bertz CT molecular complexity index is 486. The number of nitrogens with zero attached hydrogens (tertiary/aromatic N) is 1. The van der Waals surface area contributed by atoms with Crippen LogP contribution in [0.5, 0.6) is 0 Å². The molecule has 1 fully saturated rings. The second-order valence-electron chi connectivity index (χ2n) is 4.06. The first kappa shape index (κ1) is 13.5. The van der Waals surface area contributed by atoms with Crippen molar-refractivity contribution in [2.24, 2.45) is 5.73 Å². The van der Waals surface area contributed by atoms with Crippen molar-refractivity contribution in [3.8, 4) is 0 Å². The third-order valence-electron chi connectivity index (χ3n) is 2.97. The second kappa shape index (κ2) is 5.36. The Morgan fingerprint density at radius 3 is 2.88 bits per heavy atom. The number of nitrogens with two attached hydrogens (primary N) is 1. The van der Waals surface area contributed by atoms with Crippen molar-refractivity contribution in [3.63, 3.8) is 0 Å². The summed E-state index contributed by atoms with van der Waals surface area (Å²) in [6.45, 7) is 0.969. The van der Waals surface area contributed by atoms with E-state index in [1.54, 1.807) is 15.8 Å². The highest BCUT2D eigenvalue weighted by Gasteiger charge is 2.34. The van der Waals surface area contributed by atoms with E-state index in [2.05, 4.69) is 15.9 Å². The topological polar surface area (TPSA) is 63.4 Å². The Morgan fingerprint density at radius 1 is 1.53 bits per heavy atom. The van der Waals surface area contributed by atoms with Gasteiger partial charge in [-0.3, -0.25) is 0 Å². The molecule has 0 saturated carbocycles. The Balaban J connectivity index is 2.34. The van der Waals surface area contributed by atoms with Gasteiger partial charge in [-0.2, -0.15) is 4.31 Å². The zero-order valence-electron chi connectivity index (χ0n) is 9.30. The van der Waals surface area contributed by atoms with Crippen LogP contribution >= 0.6 is 27.3 Å². The van der Waals surface area contributed by atoms with Gasteiger partial charge in [0.15, 0.2) is 0 Å². The second-order valence-corrected chi connectivity index (χ2v) is 7.91. The molecule has 1 aliphatic rings. The summed E-state index contributed by atoms with van der Waals surface area (Å²) in [5.41, 5.74) is 5.67. The Labute approximate surface area is 114 Å². The molecule has 0 aliphatic carbocycles. The van der Waals surface area contributed by atoms with Crippen LogP contribution in [0.1, 0.15) is 19.3 Å². The van der Waals surface area contributed by atoms with E-state index >= 15 is 0 Å². The highest BCUT2D eigenvalue weighted by molar-refractivity contribution is 9.10. The lowest BCUT2D eigenvalue weighted by Gasteiger charge is -2.33. The molecule has 2 heterocycles. The molecular formula is C10H15BrN2O2S2. The molecule has 0 spiro atoms. The number of thiophene rings is 1. The largest absolute Gasteiger partial charge is 0.329 e. The number of sulfonamides is 1. The molecule has 1 aromatic heterocycles. The molecule has 0 amide bonds. The number of hydrogen-bond donors (Lipinski definition) is 1. The summed E-state index contributed by atoms with van der Waals surface area (Å²) < 4.78 is 27.6. The van der Waals surface area contributed by atoms with E-state index in [-0.39, 0.29) is 6.04 Å². The normalized spacial score (nSPS) is 22.8. The minimum absolute atomic E-state index is 0.0530. The maximum atomic E-state index is 12.5. The molecule has 2 N–H and O–H groups in total. The van der Waals surface area contributed by atoms with Crippen molar-refractivity contribution in [2.75, 3.05) is 13.1 Å². The molecule has 1 saturated heterocycles. The molecule has 17 heavy (non-hydrogen) atoms. The van der Waals surface area contributed by atoms with Gasteiger partial charge >= 0.3 is 0 Å². The molecule has 2 rings (SSSR count). The van der Waals surface area contributed by atoms with E-state index in [1.807, 2.05) is 0 Å². The zero-order chi connectivity index (χ0) is 12.5. The first-order chi connectivity index (χ1) is 8.07. The molecule has 1 aliphatic heterocycles. The molecule has 0 aromatic carbocycles. The number of halogens is 1. The zero-order valence-corrected chi connectivity index (χ0v) is 12.5. The molecule has 1 atom stereocenters. The highest BCUT2D eigenvalue weighted by atomic mass is 79.9. The van der Waals surface area contributed by atoms with Gasteiger partial charge in [-0.15, -0.1) is 11.3 Å². The van der Waals surface area contributed by atoms with Crippen molar-refractivity contribution < 1.29 is 8.42 Å². The fourth-order valence-corrected chi connectivity index (χ4v) is 6.23. The van der Waals surface area contributed by atoms with Crippen molar-refractivity contribution in [1.29, 1.82) is 0 Å². The van der Waals surface area contributed by atoms with Crippen molar-refractivity contribution in [1.82, 2.24) is 4.31 Å². The predicted molar refractivity (Wildman–Crippen MR) is 72.6 cm³/mol. The van der Waals surface area contributed by atoms with Gasteiger partial charge in [-0.25, -0.2) is 8.42 Å². The lowest BCUT2D eigenvalue weighted by atomic mass is 10.1. The molecule has 0 bridgehead atoms. The fourth-order valence-electron chi connectivity index (χ4n) is 2.10. The summed E-state index contributed by atoms with van der Waals surface area (Å²) in [7, 11) is -3.39. The summed E-state index contributed by atoms with van der Waals surface area (Å²) in [6.07, 6.45) is 2.83. The van der Waals surface area contributed by atoms with Gasteiger partial charge < -0.3 is 5.73 Å². The average Bonchev–Trinajstić information content (AvgIpc) is 2.76. The summed E-state index contributed by atoms with van der Waals surface area (Å²) in [5.74, 6) is 0. The molecule has 7 heteroatoms. The highest BCUT2D eigenvalue weighted by Crippen LogP contribution is 2.33. The number of piperidine rings is 1. The van der Waals surface area contributed by atoms with E-state index in [0.29, 0.717) is 21.8 Å². The molecule has 4 nitrogen and oxygen atoms in total. The third kappa shape index (κ3) is 2.58. The lowest BCUT2D eigenvalue weighted by molar-refractivity contribution is 0.258. The van der Waals surface area contributed by atoms with Gasteiger partial charge in [-0.05, 0) is 40.2 Å². The van der Waals surface area contributed by atoms with Crippen molar-refractivity contribution in [2.45, 2.75) is 29.5 Å². The van der Waals surface area contributed by atoms with Gasteiger partial charge in [0.25, 0.3) is 10.0 Å². The molecular weight excluding hydrogens is 324 g/mol. The van der Waals surface area contributed by atoms with Crippen molar-refractivity contribution in [3.05, 3.63) is 15.9 Å². The van der Waals surface area contributed by atoms with Crippen LogP contribution in [0, 0.1) is 0 Å². The maximum absolute atomic E-state index is 12.5. The van der Waals surface area contributed by atoms with E-state index in [1.165, 1.54) is 11.3 Å². The van der Waals surface area contributed by atoms with E-state index in [4.69, 9.17) is 5.73 Å². The number of hydrogen-bond acceptors (Lipinski definition) is 4. The van der Waals surface area contributed by atoms with Crippen LogP contribution in [0.4, 0.5) is 0 Å². The van der Waals surface area contributed by atoms with Crippen LogP contribution in [-0.4, -0.2) is 31.9 Å². The van der Waals surface area contributed by atoms with Gasteiger partial charge in [0.2, 0.25) is 0 Å². The molecule has 0 radical (unpaired) electrons. The minimum Gasteiger partial charge on any atom is -0.329 e. The fraction of sp³-hybridized carbons (Fsp3) is 0.600. The molecule has 1 unspecified atom stereocenters. The van der Waals surface area contributed by atoms with Crippen molar-refractivity contribution >= 4 is 37.3 Å². The van der Waals surface area contributed by atoms with Crippen LogP contribution in [0.25, 0.3) is 0 Å². The van der Waals surface area contributed by atoms with Crippen LogP contribution in [0.3, 0.4) is 0 Å². The lowest BCUT2D eigenvalue weighted by Crippen LogP contribution is -2.47. The Morgan fingerprint density at radius 2 is 2.29 bits per heavy atom. The Kier molecular flexibility index (Phi) is 4.25. The van der Waals surface area contributed by atoms with Crippen LogP contribution < -0.4 is 5.73 Å². The summed E-state index contributed by atoms with van der Waals surface area (Å²) in [4.78, 5) is 0. The molecule has 96 valence electrons. The monoisotopic (exact) mass is 338 g/mol. The van der Waals surface area contributed by atoms with Crippen LogP contribution in [0.15, 0.2) is 20.1 Å². The van der Waals surface area contributed by atoms with E-state index < -0.39 is 10.0 Å². The van der Waals surface area contributed by atoms with Crippen LogP contribution in [-0.2, 0) is 10.0 Å². The number of rotatable bonds is 3. The quantitative estimate of drug-likeness (QED) is 0.916. The Hall–Kier alpha value is 0.0500. The van der Waals surface area contributed by atoms with Gasteiger partial charge in [-0.1, -0.05) is 6.42 Å². The van der Waals surface area contributed by atoms with Gasteiger partial charge in [0.05, 0.1) is 0 Å². The third-order valence-corrected chi connectivity index (χ3v) is 7.57. The van der Waals surface area contributed by atoms with E-state index in [9.17, 15) is 8.42 Å². The first-order valence-corrected chi connectivity index (χ1v) is 8.63. The SMILES string of the molecule is NCC1CCCCN1S(=O)(=O)c1sccc1Br. The van der Waals surface area contributed by atoms with Crippen LogP contribution in [0.2, 0.25) is 0 Å². The maximum Gasteiger partial charge on any atom is 0.253 e. The summed E-state index contributed by atoms with van der Waals surface area (Å²) in [6, 6.07) is 1.71. The minimum atomic E-state index is -3.39. The summed E-state index contributed by atoms with van der Waals surface area (Å²) in [5, 5.41) is 1.78. The van der Waals surface area contributed by atoms with Gasteiger partial charge in [0.1, 0.15) is 4.21 Å².